The fourth-order valence-electron chi connectivity index (χ4n) is 2.43. The maximum Gasteiger partial charge on any atom is 0.233 e. The summed E-state index contributed by atoms with van der Waals surface area (Å²) >= 11 is 1.42. The summed E-state index contributed by atoms with van der Waals surface area (Å²) in [5.41, 5.74) is 0. The summed E-state index contributed by atoms with van der Waals surface area (Å²) in [5, 5.41) is 0. The number of amides is 1. The quantitative estimate of drug-likeness (QED) is 0.790. The number of nitrogens with zero attached hydrogens (tertiary/aromatic N) is 2. The zero-order chi connectivity index (χ0) is 16.1. The van der Waals surface area contributed by atoms with Gasteiger partial charge in [0.1, 0.15) is 17.7 Å². The largest absolute Gasteiger partial charge is 0.488 e. The molecule has 1 saturated heterocycles. The second kappa shape index (κ2) is 7.46. The molecule has 0 saturated carbocycles. The molecule has 1 amide bonds. The molecule has 4 nitrogen and oxygen atoms in total. The minimum absolute atomic E-state index is 0.0252. The monoisotopic (exact) mass is 332 g/mol. The molecule has 23 heavy (non-hydrogen) atoms. The van der Waals surface area contributed by atoms with Gasteiger partial charge in [0, 0.05) is 30.3 Å². The first-order valence-electron chi connectivity index (χ1n) is 7.43. The number of halogens is 1. The Kier molecular flexibility index (Phi) is 5.12. The highest BCUT2D eigenvalue weighted by Gasteiger charge is 2.27. The third-order valence-corrected chi connectivity index (χ3v) is 4.62. The van der Waals surface area contributed by atoms with Crippen LogP contribution in [0.25, 0.3) is 0 Å². The smallest absolute Gasteiger partial charge is 0.233 e. The molecule has 0 spiro atoms. The number of pyridine rings is 1. The van der Waals surface area contributed by atoms with Crippen LogP contribution in [0.3, 0.4) is 0 Å². The van der Waals surface area contributed by atoms with Crippen LogP contribution >= 0.6 is 11.8 Å². The molecule has 2 heterocycles. The van der Waals surface area contributed by atoms with Gasteiger partial charge in [0.15, 0.2) is 0 Å². The lowest BCUT2D eigenvalue weighted by Crippen LogP contribution is -2.32. The Bertz CT molecular complexity index is 651. The molecule has 0 radical (unpaired) electrons. The van der Waals surface area contributed by atoms with E-state index in [2.05, 4.69) is 4.98 Å². The molecule has 6 heteroatoms. The Labute approximate surface area is 138 Å². The van der Waals surface area contributed by atoms with Gasteiger partial charge in [-0.3, -0.25) is 9.78 Å². The van der Waals surface area contributed by atoms with Gasteiger partial charge >= 0.3 is 0 Å². The summed E-state index contributed by atoms with van der Waals surface area (Å²) in [6.07, 6.45) is 4.23. The number of carbonyl (C=O) groups is 1. The van der Waals surface area contributed by atoms with Gasteiger partial charge in [0.25, 0.3) is 0 Å². The maximum atomic E-state index is 12.9. The summed E-state index contributed by atoms with van der Waals surface area (Å²) in [6.45, 7) is 1.31. The third kappa shape index (κ3) is 4.45. The number of benzene rings is 1. The molecule has 0 aliphatic carbocycles. The van der Waals surface area contributed by atoms with Crippen LogP contribution in [0.4, 0.5) is 4.39 Å². The number of thioether (sulfide) groups is 1. The normalized spacial score (nSPS) is 17.3. The van der Waals surface area contributed by atoms with Gasteiger partial charge in [-0.15, -0.1) is 11.8 Å². The van der Waals surface area contributed by atoms with Crippen molar-refractivity contribution in [1.29, 1.82) is 0 Å². The highest BCUT2D eigenvalue weighted by molar-refractivity contribution is 8.00. The highest BCUT2D eigenvalue weighted by Crippen LogP contribution is 2.21. The molecule has 1 aliphatic heterocycles. The van der Waals surface area contributed by atoms with Crippen molar-refractivity contribution in [3.8, 4) is 5.75 Å². The van der Waals surface area contributed by atoms with Crippen molar-refractivity contribution in [3.63, 3.8) is 0 Å². The molecule has 120 valence electrons. The van der Waals surface area contributed by atoms with Crippen molar-refractivity contribution < 1.29 is 13.9 Å². The van der Waals surface area contributed by atoms with Crippen LogP contribution in [0.2, 0.25) is 0 Å². The molecule has 1 aliphatic rings. The van der Waals surface area contributed by atoms with E-state index in [1.54, 1.807) is 24.5 Å². The lowest BCUT2D eigenvalue weighted by molar-refractivity contribution is -0.127. The number of rotatable bonds is 5. The van der Waals surface area contributed by atoms with Crippen molar-refractivity contribution in [1.82, 2.24) is 9.88 Å². The maximum absolute atomic E-state index is 12.9. The fourth-order valence-corrected chi connectivity index (χ4v) is 3.23. The number of carbonyl (C=O) groups excluding carboxylic acids is 1. The van der Waals surface area contributed by atoms with E-state index < -0.39 is 0 Å². The summed E-state index contributed by atoms with van der Waals surface area (Å²) in [6, 6.07) is 9.81. The number of likely N-dealkylation sites (tertiary alicyclic amines) is 1. The van der Waals surface area contributed by atoms with E-state index in [1.165, 1.54) is 23.9 Å². The predicted octanol–water partition coefficient (Wildman–Crippen LogP) is 2.99. The predicted molar refractivity (Wildman–Crippen MR) is 87.0 cm³/mol. The van der Waals surface area contributed by atoms with Gasteiger partial charge in [-0.1, -0.05) is 0 Å². The first-order chi connectivity index (χ1) is 11.2. The van der Waals surface area contributed by atoms with E-state index in [0.29, 0.717) is 18.8 Å². The van der Waals surface area contributed by atoms with E-state index in [9.17, 15) is 9.18 Å². The highest BCUT2D eigenvalue weighted by atomic mass is 32.2. The van der Waals surface area contributed by atoms with Crippen LogP contribution in [0.1, 0.15) is 6.42 Å². The molecule has 1 aromatic carbocycles. The summed E-state index contributed by atoms with van der Waals surface area (Å²) in [4.78, 5) is 18.9. The average Bonchev–Trinajstić information content (AvgIpc) is 3.03. The Morgan fingerprint density at radius 2 is 2.00 bits per heavy atom. The average molecular weight is 332 g/mol. The Hall–Kier alpha value is -2.08. The fraction of sp³-hybridized carbons (Fsp3) is 0.294. The van der Waals surface area contributed by atoms with Crippen molar-refractivity contribution in [2.45, 2.75) is 17.4 Å². The Balaban J connectivity index is 1.46. The van der Waals surface area contributed by atoms with Crippen LogP contribution in [-0.4, -0.2) is 40.7 Å². The Morgan fingerprint density at radius 1 is 1.26 bits per heavy atom. The molecular weight excluding hydrogens is 315 g/mol. The summed E-state index contributed by atoms with van der Waals surface area (Å²) in [7, 11) is 0. The van der Waals surface area contributed by atoms with Crippen LogP contribution < -0.4 is 4.74 Å². The molecule has 0 bridgehead atoms. The lowest BCUT2D eigenvalue weighted by atomic mass is 10.3. The minimum Gasteiger partial charge on any atom is -0.488 e. The van der Waals surface area contributed by atoms with Crippen molar-refractivity contribution in [3.05, 3.63) is 54.6 Å². The zero-order valence-electron chi connectivity index (χ0n) is 12.5. The number of hydrogen-bond acceptors (Lipinski definition) is 4. The van der Waals surface area contributed by atoms with Crippen LogP contribution in [0.5, 0.6) is 5.75 Å². The molecule has 0 unspecified atom stereocenters. The van der Waals surface area contributed by atoms with Crippen molar-refractivity contribution in [2.75, 3.05) is 18.8 Å². The lowest BCUT2D eigenvalue weighted by Gasteiger charge is -2.17. The third-order valence-electron chi connectivity index (χ3n) is 3.63. The first kappa shape index (κ1) is 15.8. The number of hydrogen-bond donors (Lipinski definition) is 0. The van der Waals surface area contributed by atoms with E-state index in [1.807, 2.05) is 17.0 Å². The number of aromatic nitrogens is 1. The van der Waals surface area contributed by atoms with E-state index in [-0.39, 0.29) is 17.8 Å². The van der Waals surface area contributed by atoms with Gasteiger partial charge in [0.05, 0.1) is 12.3 Å². The van der Waals surface area contributed by atoms with E-state index in [4.69, 9.17) is 4.74 Å². The zero-order valence-corrected chi connectivity index (χ0v) is 13.3. The van der Waals surface area contributed by atoms with Crippen LogP contribution in [0.15, 0.2) is 53.7 Å². The molecular formula is C17H17FN2O2S. The van der Waals surface area contributed by atoms with Crippen LogP contribution in [-0.2, 0) is 4.79 Å². The molecule has 1 aromatic heterocycles. The second-order valence-corrected chi connectivity index (χ2v) is 6.34. The minimum atomic E-state index is -0.267. The first-order valence-corrected chi connectivity index (χ1v) is 8.42. The van der Waals surface area contributed by atoms with Gasteiger partial charge in [-0.05, 0) is 36.4 Å². The molecule has 0 N–H and O–H groups in total. The molecule has 2 aromatic rings. The standard InChI is InChI=1S/C17H17FN2O2S/c18-13-1-3-16(4-2-13)23-12-17(21)20-10-7-15(11-20)22-14-5-8-19-9-6-14/h1-6,8-9,15H,7,10-12H2/t15-/m1/s1. The van der Waals surface area contributed by atoms with Gasteiger partial charge in [0.2, 0.25) is 5.91 Å². The van der Waals surface area contributed by atoms with E-state index >= 15 is 0 Å². The molecule has 1 fully saturated rings. The summed E-state index contributed by atoms with van der Waals surface area (Å²) in [5.74, 6) is 0.949. The topological polar surface area (TPSA) is 42.4 Å². The van der Waals surface area contributed by atoms with Crippen molar-refractivity contribution >= 4 is 17.7 Å². The summed E-state index contributed by atoms with van der Waals surface area (Å²) < 4.78 is 18.7. The molecule has 3 rings (SSSR count). The second-order valence-electron chi connectivity index (χ2n) is 5.29. The van der Waals surface area contributed by atoms with E-state index in [0.717, 1.165) is 17.1 Å². The van der Waals surface area contributed by atoms with Gasteiger partial charge in [-0.25, -0.2) is 4.39 Å². The Morgan fingerprint density at radius 3 is 2.74 bits per heavy atom. The van der Waals surface area contributed by atoms with Gasteiger partial charge in [-0.2, -0.15) is 0 Å². The van der Waals surface area contributed by atoms with Crippen LogP contribution in [0, 0.1) is 5.82 Å². The van der Waals surface area contributed by atoms with Crippen molar-refractivity contribution in [2.24, 2.45) is 0 Å². The number of ether oxygens (including phenoxy) is 1. The van der Waals surface area contributed by atoms with Gasteiger partial charge < -0.3 is 9.64 Å². The molecule has 1 atom stereocenters. The SMILES string of the molecule is O=C(CSc1ccc(F)cc1)N1CC[C@@H](Oc2ccncc2)C1.